The van der Waals surface area contributed by atoms with Crippen LogP contribution < -0.4 is 26.0 Å². The van der Waals surface area contributed by atoms with Crippen LogP contribution in [0.15, 0.2) is 36.4 Å². The lowest BCUT2D eigenvalue weighted by molar-refractivity contribution is -0.126. The zero-order chi connectivity index (χ0) is 27.1. The molecule has 1 aliphatic carbocycles. The first kappa shape index (κ1) is 26.9. The van der Waals surface area contributed by atoms with Gasteiger partial charge in [-0.2, -0.15) is 13.2 Å². The van der Waals surface area contributed by atoms with Crippen LogP contribution in [0.1, 0.15) is 23.3 Å². The van der Waals surface area contributed by atoms with E-state index in [1.807, 2.05) is 12.1 Å². The van der Waals surface area contributed by atoms with Gasteiger partial charge in [-0.3, -0.25) is 0 Å². The number of fused-ring (bicyclic) bond motifs is 1. The van der Waals surface area contributed by atoms with Gasteiger partial charge in [-0.25, -0.2) is 0 Å². The maximum atomic E-state index is 13.5. The molecular formula is C28H31F3N3O2PS. The van der Waals surface area contributed by atoms with Gasteiger partial charge < -0.3 is 25.3 Å². The molecule has 0 bridgehead atoms. The lowest BCUT2D eigenvalue weighted by atomic mass is 9.61. The Kier molecular flexibility index (Phi) is 7.19. The van der Waals surface area contributed by atoms with E-state index in [1.54, 1.807) is 37.6 Å². The summed E-state index contributed by atoms with van der Waals surface area (Å²) in [7, 11) is -0.906. The van der Waals surface area contributed by atoms with Gasteiger partial charge in [0.1, 0.15) is 12.9 Å². The van der Waals surface area contributed by atoms with Crippen molar-refractivity contribution >= 4 is 45.2 Å². The standard InChI is InChI=1S/C28H31F3N3O2PS/c1-36-24-12-19(37(2,3)35)9-10-22(24)33-11-5-8-25-21(15-28(29,30)31)20-6-4-7-23(26(20)38-25)34-18-13-27(14-18)16-32-17-27/h4,6-7,9-10,12,18,32-34H,11,13-17H2,1-3H3. The van der Waals surface area contributed by atoms with E-state index in [0.717, 1.165) is 36.3 Å². The second-order valence-corrected chi connectivity index (χ2v) is 14.9. The molecule has 38 heavy (non-hydrogen) atoms. The van der Waals surface area contributed by atoms with Crippen molar-refractivity contribution in [3.63, 3.8) is 0 Å². The second-order valence-electron chi connectivity index (χ2n) is 10.6. The van der Waals surface area contributed by atoms with Gasteiger partial charge in [0.05, 0.1) is 41.0 Å². The Bertz CT molecular complexity index is 1460. The minimum absolute atomic E-state index is 0.217. The molecule has 2 aromatic carbocycles. The van der Waals surface area contributed by atoms with E-state index in [1.165, 1.54) is 18.4 Å². The smallest absolute Gasteiger partial charge is 0.393 e. The highest BCUT2D eigenvalue weighted by molar-refractivity contribution is 7.70. The summed E-state index contributed by atoms with van der Waals surface area (Å²) in [6.07, 6.45) is -3.20. The van der Waals surface area contributed by atoms with Crippen LogP contribution in [0.25, 0.3) is 10.1 Å². The van der Waals surface area contributed by atoms with Crippen molar-refractivity contribution in [2.75, 3.05) is 50.7 Å². The molecule has 1 saturated heterocycles. The average molecular weight is 562 g/mol. The largest absolute Gasteiger partial charge is 0.495 e. The first-order chi connectivity index (χ1) is 18.0. The monoisotopic (exact) mass is 561 g/mol. The molecule has 0 unspecified atom stereocenters. The third-order valence-corrected chi connectivity index (χ3v) is 10.0. The summed E-state index contributed by atoms with van der Waals surface area (Å²) in [4.78, 5) is 0.432. The molecule has 1 aliphatic heterocycles. The van der Waals surface area contributed by atoms with E-state index in [4.69, 9.17) is 4.74 Å². The van der Waals surface area contributed by atoms with E-state index in [9.17, 15) is 17.7 Å². The topological polar surface area (TPSA) is 62.4 Å². The summed E-state index contributed by atoms with van der Waals surface area (Å²) < 4.78 is 59.2. The van der Waals surface area contributed by atoms with E-state index >= 15 is 0 Å². The number of benzene rings is 2. The minimum atomic E-state index is -4.34. The van der Waals surface area contributed by atoms with E-state index in [0.29, 0.717) is 38.5 Å². The number of alkyl halides is 3. The van der Waals surface area contributed by atoms with Gasteiger partial charge in [0, 0.05) is 24.4 Å². The fraction of sp³-hybridized carbons (Fsp3) is 0.429. The zero-order valence-corrected chi connectivity index (χ0v) is 23.3. The highest BCUT2D eigenvalue weighted by Crippen LogP contribution is 2.47. The summed E-state index contributed by atoms with van der Waals surface area (Å²) >= 11 is 1.31. The van der Waals surface area contributed by atoms with E-state index < -0.39 is 19.7 Å². The van der Waals surface area contributed by atoms with Crippen molar-refractivity contribution in [3.8, 4) is 17.6 Å². The molecule has 2 aliphatic rings. The molecule has 0 radical (unpaired) electrons. The molecule has 2 fully saturated rings. The Labute approximate surface area is 224 Å². The third kappa shape index (κ3) is 5.68. The normalized spacial score (nSPS) is 16.9. The fourth-order valence-electron chi connectivity index (χ4n) is 5.26. The molecule has 202 valence electrons. The summed E-state index contributed by atoms with van der Waals surface area (Å²) in [6.45, 7) is 5.70. The van der Waals surface area contributed by atoms with Crippen LogP contribution in [0, 0.1) is 17.3 Å². The number of rotatable bonds is 7. The Hall–Kier alpha value is -2.66. The number of anilines is 2. The molecule has 3 N–H and O–H groups in total. The van der Waals surface area contributed by atoms with Gasteiger partial charge in [0.2, 0.25) is 0 Å². The van der Waals surface area contributed by atoms with Gasteiger partial charge in [-0.1, -0.05) is 24.0 Å². The second kappa shape index (κ2) is 10.1. The summed E-state index contributed by atoms with van der Waals surface area (Å²) in [5.74, 6) is 6.52. The number of hydrogen-bond donors (Lipinski definition) is 3. The van der Waals surface area contributed by atoms with Crippen molar-refractivity contribution in [3.05, 3.63) is 46.8 Å². The van der Waals surface area contributed by atoms with Gasteiger partial charge in [-0.05, 0) is 66.8 Å². The van der Waals surface area contributed by atoms with Crippen LogP contribution in [0.4, 0.5) is 24.5 Å². The van der Waals surface area contributed by atoms with Gasteiger partial charge in [0.15, 0.2) is 0 Å². The molecule has 1 spiro atoms. The number of thiophene rings is 1. The van der Waals surface area contributed by atoms with Crippen LogP contribution >= 0.6 is 18.5 Å². The van der Waals surface area contributed by atoms with Crippen LogP contribution in [-0.2, 0) is 11.0 Å². The van der Waals surface area contributed by atoms with Crippen LogP contribution in [0.2, 0.25) is 0 Å². The summed E-state index contributed by atoms with van der Waals surface area (Å²) in [5, 5.41) is 11.4. The van der Waals surface area contributed by atoms with Crippen LogP contribution in [0.3, 0.4) is 0 Å². The van der Waals surface area contributed by atoms with Crippen molar-refractivity contribution in [2.24, 2.45) is 5.41 Å². The SMILES string of the molecule is COc1cc(P(C)(C)=O)ccc1NCC#Cc1sc2c(NC3CC4(CNC4)C3)cccc2c1CC(F)(F)F. The predicted octanol–water partition coefficient (Wildman–Crippen LogP) is 5.89. The molecule has 3 aromatic rings. The summed E-state index contributed by atoms with van der Waals surface area (Å²) in [5.41, 5.74) is 2.19. The average Bonchev–Trinajstić information content (AvgIpc) is 3.13. The molecule has 1 aromatic heterocycles. The molecule has 0 atom stereocenters. The number of halogens is 3. The summed E-state index contributed by atoms with van der Waals surface area (Å²) in [6, 6.07) is 11.2. The number of nitrogens with one attached hydrogen (secondary N) is 3. The molecule has 5 rings (SSSR count). The molecular weight excluding hydrogens is 530 g/mol. The van der Waals surface area contributed by atoms with Gasteiger partial charge >= 0.3 is 6.18 Å². The number of hydrogen-bond acceptors (Lipinski definition) is 6. The Morgan fingerprint density at radius 2 is 1.95 bits per heavy atom. The minimum Gasteiger partial charge on any atom is -0.495 e. The molecule has 1 saturated carbocycles. The first-order valence-electron chi connectivity index (χ1n) is 12.5. The van der Waals surface area contributed by atoms with Crippen LogP contribution in [-0.4, -0.2) is 52.3 Å². The van der Waals surface area contributed by atoms with Crippen LogP contribution in [0.5, 0.6) is 5.75 Å². The van der Waals surface area contributed by atoms with Crippen molar-refractivity contribution in [1.82, 2.24) is 5.32 Å². The zero-order valence-electron chi connectivity index (χ0n) is 21.6. The van der Waals surface area contributed by atoms with Gasteiger partial charge in [0.25, 0.3) is 0 Å². The van der Waals surface area contributed by atoms with Crippen molar-refractivity contribution in [1.29, 1.82) is 0 Å². The lowest BCUT2D eigenvalue weighted by Crippen LogP contribution is -2.63. The Morgan fingerprint density at radius 1 is 1.18 bits per heavy atom. The Balaban J connectivity index is 1.37. The highest BCUT2D eigenvalue weighted by atomic mass is 32.1. The highest BCUT2D eigenvalue weighted by Gasteiger charge is 2.48. The van der Waals surface area contributed by atoms with Crippen molar-refractivity contribution in [2.45, 2.75) is 31.5 Å². The number of ether oxygens (including phenoxy) is 1. The quantitative estimate of drug-likeness (QED) is 0.248. The maximum absolute atomic E-state index is 13.5. The molecule has 10 heteroatoms. The first-order valence-corrected chi connectivity index (χ1v) is 15.9. The maximum Gasteiger partial charge on any atom is 0.393 e. The fourth-order valence-corrected chi connectivity index (χ4v) is 7.29. The lowest BCUT2D eigenvalue weighted by Gasteiger charge is -2.54. The van der Waals surface area contributed by atoms with E-state index in [2.05, 4.69) is 27.8 Å². The third-order valence-electron chi connectivity index (χ3n) is 7.29. The predicted molar refractivity (Wildman–Crippen MR) is 151 cm³/mol. The van der Waals surface area contributed by atoms with E-state index in [-0.39, 0.29) is 12.1 Å². The van der Waals surface area contributed by atoms with Crippen molar-refractivity contribution < 1.29 is 22.5 Å². The Morgan fingerprint density at radius 3 is 2.58 bits per heavy atom. The number of methoxy groups -OCH3 is 1. The molecule has 0 amide bonds. The molecule has 2 heterocycles. The molecule has 5 nitrogen and oxygen atoms in total. The van der Waals surface area contributed by atoms with Gasteiger partial charge in [-0.15, -0.1) is 11.3 Å².